The Kier molecular flexibility index (Phi) is 4.80. The van der Waals surface area contributed by atoms with E-state index in [0.717, 1.165) is 24.2 Å². The van der Waals surface area contributed by atoms with Crippen molar-refractivity contribution in [2.24, 2.45) is 11.8 Å². The number of amides is 1. The van der Waals surface area contributed by atoms with E-state index in [1.807, 2.05) is 18.2 Å². The average Bonchev–Trinajstić information content (AvgIpc) is 3.19. The van der Waals surface area contributed by atoms with E-state index in [0.29, 0.717) is 31.4 Å². The molecule has 1 amide bonds. The van der Waals surface area contributed by atoms with Crippen molar-refractivity contribution in [3.05, 3.63) is 30.6 Å². The van der Waals surface area contributed by atoms with Gasteiger partial charge in [0.1, 0.15) is 5.75 Å². The molecule has 3 heterocycles. The van der Waals surface area contributed by atoms with Gasteiger partial charge in [-0.25, -0.2) is 8.78 Å². The molecule has 2 fully saturated rings. The molecule has 0 atom stereocenters. The molecule has 1 saturated heterocycles. The molecular weight excluding hydrogens is 354 g/mol. The van der Waals surface area contributed by atoms with Gasteiger partial charge in [-0.05, 0) is 37.0 Å². The van der Waals surface area contributed by atoms with Gasteiger partial charge >= 0.3 is 0 Å². The predicted molar refractivity (Wildman–Crippen MR) is 94.3 cm³/mol. The van der Waals surface area contributed by atoms with E-state index in [-0.39, 0.29) is 18.7 Å². The van der Waals surface area contributed by atoms with Crippen LogP contribution in [0.25, 0.3) is 11.4 Å². The van der Waals surface area contributed by atoms with Crippen LogP contribution in [-0.4, -0.2) is 51.6 Å². The van der Waals surface area contributed by atoms with Crippen molar-refractivity contribution in [2.45, 2.75) is 31.6 Å². The third-order valence-corrected chi connectivity index (χ3v) is 5.36. The summed E-state index contributed by atoms with van der Waals surface area (Å²) in [7, 11) is 0. The molecule has 4 rings (SSSR count). The fourth-order valence-corrected chi connectivity index (χ4v) is 3.65. The minimum atomic E-state index is -2.65. The Morgan fingerprint density at radius 3 is 2.63 bits per heavy atom. The monoisotopic (exact) mass is 376 g/mol. The lowest BCUT2D eigenvalue weighted by Crippen LogP contribution is -2.49. The summed E-state index contributed by atoms with van der Waals surface area (Å²) in [4.78, 5) is 18.3. The fraction of sp³-hybridized carbons (Fsp3) is 0.526. The summed E-state index contributed by atoms with van der Waals surface area (Å²) in [5.41, 5.74) is 1.65. The summed E-state index contributed by atoms with van der Waals surface area (Å²) in [5.74, 6) is -2.20. The number of aromatic amines is 1. The standard InChI is InChI=1S/C19H22F2N4O2/c20-19(21)9-14(10-19)18(26)25-7-4-13(5-8-25)12-27-15-1-2-16(22-11-15)17-3-6-23-24-17/h1-3,6,11,13-14H,4-5,7-10,12H2,(H,23,24). The van der Waals surface area contributed by atoms with Crippen molar-refractivity contribution < 1.29 is 18.3 Å². The summed E-state index contributed by atoms with van der Waals surface area (Å²) >= 11 is 0. The lowest BCUT2D eigenvalue weighted by molar-refractivity contribution is -0.161. The number of carbonyl (C=O) groups excluding carboxylic acids is 1. The van der Waals surface area contributed by atoms with Gasteiger partial charge in [-0.2, -0.15) is 5.10 Å². The first-order valence-electron chi connectivity index (χ1n) is 9.25. The predicted octanol–water partition coefficient (Wildman–Crippen LogP) is 3.13. The number of alkyl halides is 2. The molecule has 0 radical (unpaired) electrons. The molecular formula is C19H22F2N4O2. The van der Waals surface area contributed by atoms with Crippen molar-refractivity contribution in [3.8, 4) is 17.1 Å². The maximum atomic E-state index is 12.9. The Balaban J connectivity index is 1.21. The van der Waals surface area contributed by atoms with Gasteiger partial charge in [0.25, 0.3) is 0 Å². The number of aromatic nitrogens is 3. The van der Waals surface area contributed by atoms with Gasteiger partial charge in [-0.1, -0.05) is 0 Å². The van der Waals surface area contributed by atoms with Crippen LogP contribution >= 0.6 is 0 Å². The Morgan fingerprint density at radius 2 is 2.04 bits per heavy atom. The first-order valence-corrected chi connectivity index (χ1v) is 9.25. The van der Waals surface area contributed by atoms with Gasteiger partial charge in [0.15, 0.2) is 0 Å². The van der Waals surface area contributed by atoms with Crippen LogP contribution in [0.15, 0.2) is 30.6 Å². The lowest BCUT2D eigenvalue weighted by atomic mass is 9.80. The highest BCUT2D eigenvalue weighted by Crippen LogP contribution is 2.43. The van der Waals surface area contributed by atoms with Gasteiger partial charge in [0, 0.05) is 38.0 Å². The number of hydrogen-bond donors (Lipinski definition) is 1. The zero-order chi connectivity index (χ0) is 18.9. The molecule has 1 aliphatic heterocycles. The molecule has 1 saturated carbocycles. The highest BCUT2D eigenvalue weighted by molar-refractivity contribution is 5.80. The van der Waals surface area contributed by atoms with Crippen LogP contribution in [0.1, 0.15) is 25.7 Å². The molecule has 2 aliphatic rings. The van der Waals surface area contributed by atoms with Gasteiger partial charge in [0.2, 0.25) is 11.8 Å². The number of ether oxygens (including phenoxy) is 1. The first-order chi connectivity index (χ1) is 13.0. The van der Waals surface area contributed by atoms with Crippen LogP contribution in [0, 0.1) is 11.8 Å². The SMILES string of the molecule is O=C(C1CC(F)(F)C1)N1CCC(COc2ccc(-c3ccn[nH]3)nc2)CC1. The largest absolute Gasteiger partial charge is 0.492 e. The van der Waals surface area contributed by atoms with Crippen molar-refractivity contribution in [1.82, 2.24) is 20.1 Å². The molecule has 0 unspecified atom stereocenters. The Hall–Kier alpha value is -2.51. The van der Waals surface area contributed by atoms with Gasteiger partial charge < -0.3 is 9.64 Å². The number of hydrogen-bond acceptors (Lipinski definition) is 4. The molecule has 0 spiro atoms. The number of piperidine rings is 1. The minimum absolute atomic E-state index is 0.112. The molecule has 144 valence electrons. The number of likely N-dealkylation sites (tertiary alicyclic amines) is 1. The molecule has 0 bridgehead atoms. The summed E-state index contributed by atoms with van der Waals surface area (Å²) < 4.78 is 31.7. The summed E-state index contributed by atoms with van der Waals surface area (Å²) in [6, 6.07) is 5.60. The molecule has 2 aromatic rings. The van der Waals surface area contributed by atoms with E-state index < -0.39 is 11.8 Å². The maximum Gasteiger partial charge on any atom is 0.249 e. The van der Waals surface area contributed by atoms with Crippen LogP contribution in [0.4, 0.5) is 8.78 Å². The zero-order valence-electron chi connectivity index (χ0n) is 14.9. The van der Waals surface area contributed by atoms with Crippen LogP contribution in [-0.2, 0) is 4.79 Å². The van der Waals surface area contributed by atoms with Gasteiger partial charge in [0.05, 0.1) is 24.2 Å². The molecule has 2 aromatic heterocycles. The fourth-order valence-electron chi connectivity index (χ4n) is 3.65. The molecule has 0 aromatic carbocycles. The molecule has 6 nitrogen and oxygen atoms in total. The Labute approximate surface area is 155 Å². The van der Waals surface area contributed by atoms with Crippen LogP contribution in [0.3, 0.4) is 0 Å². The van der Waals surface area contributed by atoms with E-state index in [9.17, 15) is 13.6 Å². The number of H-pyrrole nitrogens is 1. The summed E-state index contributed by atoms with van der Waals surface area (Å²) in [5, 5.41) is 6.77. The second-order valence-corrected chi connectivity index (χ2v) is 7.39. The van der Waals surface area contributed by atoms with Gasteiger partial charge in [-0.3, -0.25) is 14.9 Å². The average molecular weight is 376 g/mol. The third-order valence-electron chi connectivity index (χ3n) is 5.36. The summed E-state index contributed by atoms with van der Waals surface area (Å²) in [6.07, 6.45) is 4.43. The number of nitrogens with zero attached hydrogens (tertiary/aromatic N) is 3. The second-order valence-electron chi connectivity index (χ2n) is 7.39. The van der Waals surface area contributed by atoms with Crippen LogP contribution < -0.4 is 4.74 Å². The number of carbonyl (C=O) groups is 1. The van der Waals surface area contributed by atoms with E-state index >= 15 is 0 Å². The highest BCUT2D eigenvalue weighted by Gasteiger charge is 2.49. The maximum absolute atomic E-state index is 12.9. The van der Waals surface area contributed by atoms with Gasteiger partial charge in [-0.15, -0.1) is 0 Å². The number of rotatable bonds is 5. The molecule has 8 heteroatoms. The topological polar surface area (TPSA) is 71.1 Å². The van der Waals surface area contributed by atoms with E-state index in [4.69, 9.17) is 4.74 Å². The van der Waals surface area contributed by atoms with Crippen molar-refractivity contribution in [2.75, 3.05) is 19.7 Å². The third kappa shape index (κ3) is 4.09. The number of halogens is 2. The van der Waals surface area contributed by atoms with Crippen LogP contribution in [0.2, 0.25) is 0 Å². The van der Waals surface area contributed by atoms with Crippen LogP contribution in [0.5, 0.6) is 5.75 Å². The first kappa shape index (κ1) is 17.9. The highest BCUT2D eigenvalue weighted by atomic mass is 19.3. The number of nitrogens with one attached hydrogen (secondary N) is 1. The summed E-state index contributed by atoms with van der Waals surface area (Å²) in [6.45, 7) is 1.80. The molecule has 1 aliphatic carbocycles. The smallest absolute Gasteiger partial charge is 0.249 e. The van der Waals surface area contributed by atoms with E-state index in [1.165, 1.54) is 0 Å². The quantitative estimate of drug-likeness (QED) is 0.870. The minimum Gasteiger partial charge on any atom is -0.492 e. The molecule has 27 heavy (non-hydrogen) atoms. The van der Waals surface area contributed by atoms with Crippen molar-refractivity contribution >= 4 is 5.91 Å². The van der Waals surface area contributed by atoms with Crippen molar-refractivity contribution in [3.63, 3.8) is 0 Å². The van der Waals surface area contributed by atoms with E-state index in [1.54, 1.807) is 17.3 Å². The lowest BCUT2D eigenvalue weighted by Gasteiger charge is -2.39. The normalized spacial score (nSPS) is 20.3. The van der Waals surface area contributed by atoms with E-state index in [2.05, 4.69) is 15.2 Å². The zero-order valence-corrected chi connectivity index (χ0v) is 14.9. The second kappa shape index (κ2) is 7.25. The Bertz CT molecular complexity index is 764. The Morgan fingerprint density at radius 1 is 1.26 bits per heavy atom. The van der Waals surface area contributed by atoms with Crippen molar-refractivity contribution in [1.29, 1.82) is 0 Å². The number of pyridine rings is 1. The molecule has 1 N–H and O–H groups in total.